The van der Waals surface area contributed by atoms with Crippen LogP contribution in [0.4, 0.5) is 0 Å². The minimum absolute atomic E-state index is 0.0400. The van der Waals surface area contributed by atoms with E-state index in [1.54, 1.807) is 30.5 Å². The average molecular weight is 397 g/mol. The van der Waals surface area contributed by atoms with E-state index in [9.17, 15) is 8.42 Å². The van der Waals surface area contributed by atoms with E-state index >= 15 is 0 Å². The molecular formula is C22H23NO4S. The molecular weight excluding hydrogens is 374 g/mol. The van der Waals surface area contributed by atoms with Crippen LogP contribution in [0.15, 0.2) is 77.8 Å². The molecule has 1 atom stereocenters. The van der Waals surface area contributed by atoms with Crippen LogP contribution in [0.5, 0.6) is 5.88 Å². The van der Waals surface area contributed by atoms with Crippen molar-refractivity contribution in [2.45, 2.75) is 31.3 Å². The highest BCUT2D eigenvalue weighted by molar-refractivity contribution is 7.86. The fourth-order valence-electron chi connectivity index (χ4n) is 2.60. The van der Waals surface area contributed by atoms with Gasteiger partial charge in [-0.3, -0.25) is 4.18 Å². The zero-order chi connectivity index (χ0) is 20.0. The number of hydrogen-bond acceptors (Lipinski definition) is 5. The van der Waals surface area contributed by atoms with Crippen molar-refractivity contribution in [3.8, 4) is 5.88 Å². The fourth-order valence-corrected chi connectivity index (χ4v) is 3.59. The minimum Gasteiger partial charge on any atom is -0.473 e. The molecule has 0 aliphatic rings. The highest BCUT2D eigenvalue weighted by Crippen LogP contribution is 2.22. The monoisotopic (exact) mass is 397 g/mol. The fraction of sp³-hybridized carbons (Fsp3) is 0.227. The van der Waals surface area contributed by atoms with Gasteiger partial charge in [-0.2, -0.15) is 8.42 Å². The van der Waals surface area contributed by atoms with Gasteiger partial charge in [0.25, 0.3) is 10.1 Å². The summed E-state index contributed by atoms with van der Waals surface area (Å²) in [5.74, 6) is 0.358. The summed E-state index contributed by atoms with van der Waals surface area (Å²) in [7, 11) is -3.78. The van der Waals surface area contributed by atoms with Crippen LogP contribution in [0.25, 0.3) is 0 Å². The summed E-state index contributed by atoms with van der Waals surface area (Å²) in [6.45, 7) is 4.27. The Kier molecular flexibility index (Phi) is 6.44. The van der Waals surface area contributed by atoms with Crippen molar-refractivity contribution in [3.63, 3.8) is 0 Å². The summed E-state index contributed by atoms with van der Waals surface area (Å²) in [5, 5.41) is 0. The summed E-state index contributed by atoms with van der Waals surface area (Å²) in [5.41, 5.74) is 2.94. The van der Waals surface area contributed by atoms with Gasteiger partial charge < -0.3 is 4.74 Å². The lowest BCUT2D eigenvalue weighted by molar-refractivity contribution is 0.288. The second-order valence-electron chi connectivity index (χ2n) is 6.65. The molecule has 3 aromatic rings. The summed E-state index contributed by atoms with van der Waals surface area (Å²) in [6, 6.07) is 20.1. The van der Waals surface area contributed by atoms with Gasteiger partial charge in [0, 0.05) is 18.2 Å². The van der Waals surface area contributed by atoms with Crippen LogP contribution in [0.1, 0.15) is 29.5 Å². The Morgan fingerprint density at radius 3 is 2.43 bits per heavy atom. The molecule has 0 amide bonds. The second kappa shape index (κ2) is 8.99. The van der Waals surface area contributed by atoms with Crippen LogP contribution < -0.4 is 4.74 Å². The molecule has 6 heteroatoms. The predicted octanol–water partition coefficient (Wildman–Crippen LogP) is 4.48. The van der Waals surface area contributed by atoms with Gasteiger partial charge in [0.15, 0.2) is 0 Å². The van der Waals surface area contributed by atoms with E-state index < -0.39 is 10.1 Å². The number of aryl methyl sites for hydroxylation is 1. The van der Waals surface area contributed by atoms with Gasteiger partial charge in [0.2, 0.25) is 5.88 Å². The van der Waals surface area contributed by atoms with Crippen molar-refractivity contribution in [2.24, 2.45) is 0 Å². The molecule has 0 N–H and O–H groups in total. The smallest absolute Gasteiger partial charge is 0.296 e. The lowest BCUT2D eigenvalue weighted by Crippen LogP contribution is -2.12. The van der Waals surface area contributed by atoms with Crippen LogP contribution in [0.3, 0.4) is 0 Å². The topological polar surface area (TPSA) is 65.5 Å². The molecule has 2 aromatic carbocycles. The standard InChI is InChI=1S/C22H23NO4S/c1-17-8-10-21(11-9-17)28(24,25)27-15-18(2)20-12-13-23-22(14-20)26-16-19-6-4-3-5-7-19/h3-14,18H,15-16H2,1-2H3. The Balaban J connectivity index is 1.61. The normalized spacial score (nSPS) is 12.5. The van der Waals surface area contributed by atoms with E-state index in [2.05, 4.69) is 4.98 Å². The third kappa shape index (κ3) is 5.41. The minimum atomic E-state index is -3.78. The first-order chi connectivity index (χ1) is 13.4. The van der Waals surface area contributed by atoms with Crippen LogP contribution >= 0.6 is 0 Å². The van der Waals surface area contributed by atoms with E-state index in [1.807, 2.05) is 56.3 Å². The van der Waals surface area contributed by atoms with Gasteiger partial charge in [-0.15, -0.1) is 0 Å². The number of benzene rings is 2. The molecule has 0 radical (unpaired) electrons. The molecule has 1 heterocycles. The Hall–Kier alpha value is -2.70. The molecule has 28 heavy (non-hydrogen) atoms. The molecule has 1 aromatic heterocycles. The van der Waals surface area contributed by atoms with Crippen molar-refractivity contribution in [2.75, 3.05) is 6.61 Å². The van der Waals surface area contributed by atoms with Crippen molar-refractivity contribution in [3.05, 3.63) is 89.6 Å². The molecule has 146 valence electrons. The van der Waals surface area contributed by atoms with E-state index in [4.69, 9.17) is 8.92 Å². The van der Waals surface area contributed by atoms with E-state index in [0.29, 0.717) is 12.5 Å². The van der Waals surface area contributed by atoms with Gasteiger partial charge in [0.05, 0.1) is 11.5 Å². The van der Waals surface area contributed by atoms with Crippen LogP contribution in [0.2, 0.25) is 0 Å². The summed E-state index contributed by atoms with van der Waals surface area (Å²) in [6.07, 6.45) is 1.65. The molecule has 0 saturated carbocycles. The van der Waals surface area contributed by atoms with Crippen molar-refractivity contribution in [1.29, 1.82) is 0 Å². The largest absolute Gasteiger partial charge is 0.473 e. The Morgan fingerprint density at radius 1 is 1.00 bits per heavy atom. The molecule has 0 bridgehead atoms. The first-order valence-corrected chi connectivity index (χ1v) is 10.4. The third-order valence-corrected chi connectivity index (χ3v) is 5.64. The first-order valence-electron chi connectivity index (χ1n) is 9.03. The van der Waals surface area contributed by atoms with Gasteiger partial charge in [-0.25, -0.2) is 4.98 Å². The van der Waals surface area contributed by atoms with Gasteiger partial charge in [-0.05, 0) is 36.2 Å². The molecule has 3 rings (SSSR count). The maximum atomic E-state index is 12.3. The highest BCUT2D eigenvalue weighted by atomic mass is 32.2. The molecule has 0 spiro atoms. The maximum absolute atomic E-state index is 12.3. The summed E-state index contributed by atoms with van der Waals surface area (Å²) in [4.78, 5) is 4.38. The van der Waals surface area contributed by atoms with E-state index in [-0.39, 0.29) is 17.4 Å². The number of hydrogen-bond donors (Lipinski definition) is 0. The van der Waals surface area contributed by atoms with Crippen molar-refractivity contribution >= 4 is 10.1 Å². The zero-order valence-electron chi connectivity index (χ0n) is 15.9. The maximum Gasteiger partial charge on any atom is 0.296 e. The number of pyridine rings is 1. The number of ether oxygens (including phenoxy) is 1. The van der Waals surface area contributed by atoms with Crippen molar-refractivity contribution in [1.82, 2.24) is 4.98 Å². The van der Waals surface area contributed by atoms with Gasteiger partial charge >= 0.3 is 0 Å². The lowest BCUT2D eigenvalue weighted by Gasteiger charge is -2.14. The first kappa shape index (κ1) is 20.0. The molecule has 0 fully saturated rings. The van der Waals surface area contributed by atoms with Gasteiger partial charge in [0.1, 0.15) is 6.61 Å². The molecule has 5 nitrogen and oxygen atoms in total. The average Bonchev–Trinajstić information content (AvgIpc) is 2.72. The number of rotatable bonds is 8. The lowest BCUT2D eigenvalue weighted by atomic mass is 10.0. The van der Waals surface area contributed by atoms with E-state index in [0.717, 1.165) is 16.7 Å². The third-order valence-electron chi connectivity index (χ3n) is 4.34. The van der Waals surface area contributed by atoms with Crippen LogP contribution in [-0.2, 0) is 20.9 Å². The summed E-state index contributed by atoms with van der Waals surface area (Å²) >= 11 is 0. The summed E-state index contributed by atoms with van der Waals surface area (Å²) < 4.78 is 35.7. The van der Waals surface area contributed by atoms with Gasteiger partial charge in [-0.1, -0.05) is 55.0 Å². The molecule has 0 saturated heterocycles. The van der Waals surface area contributed by atoms with Crippen LogP contribution in [0, 0.1) is 6.92 Å². The Bertz CT molecular complexity index is 1000. The van der Waals surface area contributed by atoms with E-state index in [1.165, 1.54) is 0 Å². The molecule has 1 unspecified atom stereocenters. The SMILES string of the molecule is Cc1ccc(S(=O)(=O)OCC(C)c2ccnc(OCc3ccccc3)c2)cc1. The molecule has 0 aliphatic carbocycles. The Labute approximate surface area is 166 Å². The van der Waals surface area contributed by atoms with Crippen LogP contribution in [-0.4, -0.2) is 20.0 Å². The van der Waals surface area contributed by atoms with Crippen molar-refractivity contribution < 1.29 is 17.3 Å². The Morgan fingerprint density at radius 2 is 1.71 bits per heavy atom. The quantitative estimate of drug-likeness (QED) is 0.525. The highest BCUT2D eigenvalue weighted by Gasteiger charge is 2.17. The zero-order valence-corrected chi connectivity index (χ0v) is 16.7. The number of nitrogens with zero attached hydrogens (tertiary/aromatic N) is 1. The number of aromatic nitrogens is 1. The second-order valence-corrected chi connectivity index (χ2v) is 8.27. The molecule has 0 aliphatic heterocycles. The predicted molar refractivity (Wildman–Crippen MR) is 108 cm³/mol.